The number of benzene rings is 2. The monoisotopic (exact) mass is 400 g/mol. The number of methoxy groups -OCH3 is 1. The minimum atomic E-state index is 0.132. The van der Waals surface area contributed by atoms with E-state index >= 15 is 0 Å². The van der Waals surface area contributed by atoms with Crippen molar-refractivity contribution >= 4 is 11.1 Å². The molecule has 0 saturated carbocycles. The van der Waals surface area contributed by atoms with Gasteiger partial charge < -0.3 is 13.9 Å². The van der Waals surface area contributed by atoms with E-state index in [0.29, 0.717) is 28.6 Å². The van der Waals surface area contributed by atoms with Gasteiger partial charge in [0.1, 0.15) is 23.2 Å². The SMILES string of the molecule is COc1ccc(-c2c(-c3ccccc3)oc3ncnc(OCc4nnn[nH]4)c23)cc1. The summed E-state index contributed by atoms with van der Waals surface area (Å²) < 4.78 is 17.4. The van der Waals surface area contributed by atoms with Crippen LogP contribution >= 0.6 is 0 Å². The number of fused-ring (bicyclic) bond motifs is 1. The van der Waals surface area contributed by atoms with Gasteiger partial charge in [0.2, 0.25) is 11.6 Å². The van der Waals surface area contributed by atoms with Gasteiger partial charge in [-0.3, -0.25) is 0 Å². The van der Waals surface area contributed by atoms with Crippen LogP contribution in [0.5, 0.6) is 11.6 Å². The number of rotatable bonds is 6. The predicted molar refractivity (Wildman–Crippen MR) is 108 cm³/mol. The molecule has 0 amide bonds. The average molecular weight is 400 g/mol. The lowest BCUT2D eigenvalue weighted by Crippen LogP contribution is -2.00. The topological polar surface area (TPSA) is 112 Å². The molecule has 5 rings (SSSR count). The first-order valence-electron chi connectivity index (χ1n) is 9.16. The number of H-pyrrole nitrogens is 1. The molecular weight excluding hydrogens is 384 g/mol. The highest BCUT2D eigenvalue weighted by Crippen LogP contribution is 2.43. The molecule has 3 aromatic heterocycles. The summed E-state index contributed by atoms with van der Waals surface area (Å²) in [6, 6.07) is 17.6. The van der Waals surface area contributed by atoms with E-state index < -0.39 is 0 Å². The number of tetrazole rings is 1. The summed E-state index contributed by atoms with van der Waals surface area (Å²) in [6.45, 7) is 0.132. The molecule has 0 aliphatic heterocycles. The fraction of sp³-hybridized carbons (Fsp3) is 0.0952. The number of hydrogen-bond acceptors (Lipinski definition) is 8. The molecule has 148 valence electrons. The zero-order valence-corrected chi connectivity index (χ0v) is 15.9. The molecule has 9 nitrogen and oxygen atoms in total. The van der Waals surface area contributed by atoms with E-state index in [-0.39, 0.29) is 6.61 Å². The Morgan fingerprint density at radius 2 is 1.80 bits per heavy atom. The smallest absolute Gasteiger partial charge is 0.234 e. The fourth-order valence-electron chi connectivity index (χ4n) is 3.22. The van der Waals surface area contributed by atoms with Crippen molar-refractivity contribution in [2.75, 3.05) is 7.11 Å². The van der Waals surface area contributed by atoms with Gasteiger partial charge in [0.15, 0.2) is 12.4 Å². The van der Waals surface area contributed by atoms with Crippen molar-refractivity contribution in [3.8, 4) is 34.1 Å². The van der Waals surface area contributed by atoms with Crippen LogP contribution in [0.25, 0.3) is 33.6 Å². The molecule has 0 unspecified atom stereocenters. The number of aromatic nitrogens is 6. The predicted octanol–water partition coefficient (Wildman–Crippen LogP) is 3.66. The van der Waals surface area contributed by atoms with Gasteiger partial charge >= 0.3 is 0 Å². The molecule has 0 aliphatic carbocycles. The van der Waals surface area contributed by atoms with Crippen molar-refractivity contribution in [2.24, 2.45) is 0 Å². The normalized spacial score (nSPS) is 11.0. The quantitative estimate of drug-likeness (QED) is 0.460. The third-order valence-electron chi connectivity index (χ3n) is 4.60. The Bertz CT molecular complexity index is 1270. The van der Waals surface area contributed by atoms with Crippen LogP contribution < -0.4 is 9.47 Å². The molecule has 0 aliphatic rings. The Hall–Kier alpha value is -4.27. The maximum atomic E-state index is 6.16. The molecule has 0 fully saturated rings. The highest BCUT2D eigenvalue weighted by molar-refractivity contribution is 6.03. The van der Waals surface area contributed by atoms with Gasteiger partial charge in [-0.25, -0.2) is 15.1 Å². The van der Waals surface area contributed by atoms with Crippen LogP contribution in [-0.4, -0.2) is 37.7 Å². The maximum Gasteiger partial charge on any atom is 0.234 e. The second kappa shape index (κ2) is 7.63. The molecule has 5 aromatic rings. The van der Waals surface area contributed by atoms with Crippen LogP contribution in [0, 0.1) is 0 Å². The summed E-state index contributed by atoms with van der Waals surface area (Å²) in [6.07, 6.45) is 1.41. The first-order chi connectivity index (χ1) is 14.8. The largest absolute Gasteiger partial charge is 0.497 e. The minimum absolute atomic E-state index is 0.132. The molecule has 2 aromatic carbocycles. The Labute approximate surface area is 170 Å². The first kappa shape index (κ1) is 17.8. The summed E-state index contributed by atoms with van der Waals surface area (Å²) in [4.78, 5) is 8.66. The number of nitrogens with zero attached hydrogens (tertiary/aromatic N) is 5. The van der Waals surface area contributed by atoms with Crippen molar-refractivity contribution in [1.29, 1.82) is 0 Å². The lowest BCUT2D eigenvalue weighted by molar-refractivity contribution is 0.287. The van der Waals surface area contributed by atoms with Crippen molar-refractivity contribution in [3.05, 3.63) is 66.7 Å². The number of ether oxygens (including phenoxy) is 2. The van der Waals surface area contributed by atoms with E-state index in [4.69, 9.17) is 13.9 Å². The van der Waals surface area contributed by atoms with Gasteiger partial charge in [0.05, 0.1) is 7.11 Å². The Balaban J connectivity index is 1.70. The van der Waals surface area contributed by atoms with Crippen LogP contribution in [0.15, 0.2) is 65.3 Å². The van der Waals surface area contributed by atoms with Crippen molar-refractivity contribution in [2.45, 2.75) is 6.61 Å². The van der Waals surface area contributed by atoms with Crippen molar-refractivity contribution < 1.29 is 13.9 Å². The van der Waals surface area contributed by atoms with Gasteiger partial charge in [0.25, 0.3) is 0 Å². The zero-order valence-electron chi connectivity index (χ0n) is 15.9. The summed E-state index contributed by atoms with van der Waals surface area (Å²) in [5, 5.41) is 14.3. The van der Waals surface area contributed by atoms with Gasteiger partial charge in [-0.15, -0.1) is 5.10 Å². The van der Waals surface area contributed by atoms with Crippen LogP contribution in [0.3, 0.4) is 0 Å². The molecule has 1 N–H and O–H groups in total. The molecule has 0 bridgehead atoms. The van der Waals surface area contributed by atoms with Gasteiger partial charge in [-0.05, 0) is 28.1 Å². The van der Waals surface area contributed by atoms with Gasteiger partial charge in [-0.2, -0.15) is 0 Å². The standard InChI is InChI=1S/C21H16N6O3/c1-28-15-9-7-13(8-10-15)17-18-20(29-11-16-24-26-27-25-16)22-12-23-21(18)30-19(17)14-5-3-2-4-6-14/h2-10,12H,11H2,1H3,(H,24,25,26,27). The molecule has 30 heavy (non-hydrogen) atoms. The molecule has 9 heteroatoms. The van der Waals surface area contributed by atoms with E-state index in [1.165, 1.54) is 6.33 Å². The van der Waals surface area contributed by atoms with E-state index in [2.05, 4.69) is 30.6 Å². The Morgan fingerprint density at radius 1 is 0.967 bits per heavy atom. The summed E-state index contributed by atoms with van der Waals surface area (Å²) in [5.74, 6) is 2.31. The molecule has 0 radical (unpaired) electrons. The van der Waals surface area contributed by atoms with E-state index in [0.717, 1.165) is 22.4 Å². The van der Waals surface area contributed by atoms with Crippen LogP contribution in [0.2, 0.25) is 0 Å². The molecule has 0 spiro atoms. The molecule has 0 atom stereocenters. The first-order valence-corrected chi connectivity index (χ1v) is 9.16. The third kappa shape index (κ3) is 3.22. The van der Waals surface area contributed by atoms with Crippen LogP contribution in [0.1, 0.15) is 5.82 Å². The van der Waals surface area contributed by atoms with Gasteiger partial charge in [-0.1, -0.05) is 42.5 Å². The Kier molecular flexibility index (Phi) is 4.53. The van der Waals surface area contributed by atoms with E-state index in [9.17, 15) is 0 Å². The molecule has 0 saturated heterocycles. The highest BCUT2D eigenvalue weighted by atomic mass is 16.5. The van der Waals surface area contributed by atoms with Gasteiger partial charge in [0, 0.05) is 11.1 Å². The van der Waals surface area contributed by atoms with E-state index in [1.807, 2.05) is 54.6 Å². The molecule has 3 heterocycles. The number of hydrogen-bond donors (Lipinski definition) is 1. The number of nitrogens with one attached hydrogen (secondary N) is 1. The lowest BCUT2D eigenvalue weighted by atomic mass is 9.99. The Morgan fingerprint density at radius 3 is 2.53 bits per heavy atom. The second-order valence-corrected chi connectivity index (χ2v) is 6.40. The zero-order chi connectivity index (χ0) is 20.3. The summed E-state index contributed by atoms with van der Waals surface area (Å²) in [5.41, 5.74) is 3.12. The number of furan rings is 1. The fourth-order valence-corrected chi connectivity index (χ4v) is 3.22. The van der Waals surface area contributed by atoms with E-state index in [1.54, 1.807) is 7.11 Å². The van der Waals surface area contributed by atoms with Crippen LogP contribution in [0.4, 0.5) is 0 Å². The average Bonchev–Trinajstić information content (AvgIpc) is 3.46. The van der Waals surface area contributed by atoms with Crippen molar-refractivity contribution in [1.82, 2.24) is 30.6 Å². The maximum absolute atomic E-state index is 6.16. The number of aromatic amines is 1. The molecular formula is C21H16N6O3. The summed E-state index contributed by atoms with van der Waals surface area (Å²) >= 11 is 0. The third-order valence-corrected chi connectivity index (χ3v) is 4.60. The van der Waals surface area contributed by atoms with Crippen LogP contribution in [-0.2, 0) is 6.61 Å². The second-order valence-electron chi connectivity index (χ2n) is 6.40. The summed E-state index contributed by atoms with van der Waals surface area (Å²) in [7, 11) is 1.63. The van der Waals surface area contributed by atoms with Crippen molar-refractivity contribution in [3.63, 3.8) is 0 Å². The minimum Gasteiger partial charge on any atom is -0.497 e. The lowest BCUT2D eigenvalue weighted by Gasteiger charge is -2.08. The highest BCUT2D eigenvalue weighted by Gasteiger charge is 2.23.